The van der Waals surface area contributed by atoms with Gasteiger partial charge in [-0.05, 0) is 24.9 Å². The van der Waals surface area contributed by atoms with Gasteiger partial charge in [0.25, 0.3) is 0 Å². The lowest BCUT2D eigenvalue weighted by molar-refractivity contribution is 0.444. The average Bonchev–Trinajstić information content (AvgIpc) is 2.83. The fraction of sp³-hybridized carbons (Fsp3) is 0.385. The van der Waals surface area contributed by atoms with Crippen molar-refractivity contribution in [1.82, 2.24) is 10.2 Å². The molecular weight excluding hydrogens is 214 g/mol. The molecule has 0 saturated heterocycles. The third-order valence-electron chi connectivity index (χ3n) is 2.57. The molecule has 2 aromatic rings. The Morgan fingerprint density at radius 2 is 1.65 bits per heavy atom. The largest absolute Gasteiger partial charge is 0.425 e. The van der Waals surface area contributed by atoms with Crippen molar-refractivity contribution in [3.63, 3.8) is 0 Å². The maximum Gasteiger partial charge on any atom is 0.216 e. The summed E-state index contributed by atoms with van der Waals surface area (Å²) in [5.74, 6) is 1.40. The van der Waals surface area contributed by atoms with Crippen LogP contribution < -0.4 is 5.73 Å². The molecule has 0 amide bonds. The van der Waals surface area contributed by atoms with Gasteiger partial charge in [0.15, 0.2) is 0 Å². The molecule has 0 aliphatic heterocycles. The first-order valence-corrected chi connectivity index (χ1v) is 5.94. The van der Waals surface area contributed by atoms with E-state index in [0.717, 1.165) is 25.7 Å². The van der Waals surface area contributed by atoms with Crippen LogP contribution in [0.3, 0.4) is 0 Å². The van der Waals surface area contributed by atoms with E-state index >= 15 is 0 Å². The molecule has 4 nitrogen and oxygen atoms in total. The first-order chi connectivity index (χ1) is 8.38. The number of rotatable bonds is 6. The van der Waals surface area contributed by atoms with Crippen molar-refractivity contribution in [1.29, 1.82) is 0 Å². The second-order valence-corrected chi connectivity index (χ2v) is 3.97. The Kier molecular flexibility index (Phi) is 4.27. The highest BCUT2D eigenvalue weighted by atomic mass is 16.4. The third-order valence-corrected chi connectivity index (χ3v) is 2.57. The van der Waals surface area contributed by atoms with Crippen molar-refractivity contribution in [3.8, 4) is 0 Å². The van der Waals surface area contributed by atoms with E-state index in [1.54, 1.807) is 0 Å². The molecular formula is C13H17N3O. The number of nitrogens with two attached hydrogens (primary N) is 1. The summed E-state index contributed by atoms with van der Waals surface area (Å²) in [6.07, 6.45) is 3.38. The second-order valence-electron chi connectivity index (χ2n) is 3.97. The standard InChI is InChI=1S/C13H17N3O/c14-10-4-7-12-15-16-13(17-12)9-8-11-5-2-1-3-6-11/h1-3,5-6H,4,7-10,14H2. The minimum Gasteiger partial charge on any atom is -0.425 e. The van der Waals surface area contributed by atoms with E-state index in [2.05, 4.69) is 22.3 Å². The van der Waals surface area contributed by atoms with Gasteiger partial charge >= 0.3 is 0 Å². The second kappa shape index (κ2) is 6.15. The van der Waals surface area contributed by atoms with Crippen LogP contribution in [-0.2, 0) is 19.3 Å². The van der Waals surface area contributed by atoms with Gasteiger partial charge in [-0.3, -0.25) is 0 Å². The molecule has 0 spiro atoms. The molecule has 2 rings (SSSR count). The van der Waals surface area contributed by atoms with Crippen LogP contribution in [0.15, 0.2) is 34.7 Å². The quantitative estimate of drug-likeness (QED) is 0.822. The molecule has 0 fully saturated rings. The number of aryl methyl sites for hydroxylation is 3. The van der Waals surface area contributed by atoms with Crippen molar-refractivity contribution in [2.75, 3.05) is 6.54 Å². The van der Waals surface area contributed by atoms with Gasteiger partial charge in [0.1, 0.15) is 0 Å². The van der Waals surface area contributed by atoms with Gasteiger partial charge < -0.3 is 10.2 Å². The highest BCUT2D eigenvalue weighted by Crippen LogP contribution is 2.07. The number of benzene rings is 1. The van der Waals surface area contributed by atoms with E-state index in [1.807, 2.05) is 18.2 Å². The summed E-state index contributed by atoms with van der Waals surface area (Å²) in [7, 11) is 0. The summed E-state index contributed by atoms with van der Waals surface area (Å²) in [6.45, 7) is 0.654. The molecule has 1 aromatic carbocycles. The minimum atomic E-state index is 0.654. The van der Waals surface area contributed by atoms with Crippen LogP contribution in [0.2, 0.25) is 0 Å². The van der Waals surface area contributed by atoms with E-state index in [-0.39, 0.29) is 0 Å². The summed E-state index contributed by atoms with van der Waals surface area (Å²) in [6, 6.07) is 10.3. The van der Waals surface area contributed by atoms with Crippen molar-refractivity contribution in [2.24, 2.45) is 5.73 Å². The Bertz CT molecular complexity index is 439. The minimum absolute atomic E-state index is 0.654. The van der Waals surface area contributed by atoms with E-state index < -0.39 is 0 Å². The topological polar surface area (TPSA) is 64.9 Å². The van der Waals surface area contributed by atoms with Crippen LogP contribution in [0.25, 0.3) is 0 Å². The van der Waals surface area contributed by atoms with Crippen molar-refractivity contribution in [2.45, 2.75) is 25.7 Å². The zero-order valence-corrected chi connectivity index (χ0v) is 9.80. The summed E-state index contributed by atoms with van der Waals surface area (Å²) in [5, 5.41) is 8.02. The number of hydrogen-bond acceptors (Lipinski definition) is 4. The van der Waals surface area contributed by atoms with Crippen LogP contribution in [-0.4, -0.2) is 16.7 Å². The predicted octanol–water partition coefficient (Wildman–Crippen LogP) is 1.75. The van der Waals surface area contributed by atoms with Crippen LogP contribution in [0, 0.1) is 0 Å². The number of nitrogens with zero attached hydrogens (tertiary/aromatic N) is 2. The number of hydrogen-bond donors (Lipinski definition) is 1. The Morgan fingerprint density at radius 3 is 2.35 bits per heavy atom. The molecule has 0 unspecified atom stereocenters. The lowest BCUT2D eigenvalue weighted by Crippen LogP contribution is -2.00. The molecule has 0 aliphatic rings. The zero-order valence-electron chi connectivity index (χ0n) is 9.80. The SMILES string of the molecule is NCCCc1nnc(CCc2ccccc2)o1. The van der Waals surface area contributed by atoms with Crippen molar-refractivity contribution >= 4 is 0 Å². The van der Waals surface area contributed by atoms with Gasteiger partial charge in [-0.25, -0.2) is 0 Å². The molecule has 17 heavy (non-hydrogen) atoms. The van der Waals surface area contributed by atoms with Gasteiger partial charge in [-0.1, -0.05) is 30.3 Å². The first-order valence-electron chi connectivity index (χ1n) is 5.94. The summed E-state index contributed by atoms with van der Waals surface area (Å²) < 4.78 is 5.53. The molecule has 90 valence electrons. The molecule has 2 N–H and O–H groups in total. The summed E-state index contributed by atoms with van der Waals surface area (Å²) in [4.78, 5) is 0. The van der Waals surface area contributed by atoms with Crippen LogP contribution in [0.5, 0.6) is 0 Å². The van der Waals surface area contributed by atoms with E-state index in [0.29, 0.717) is 18.3 Å². The number of aromatic nitrogens is 2. The molecule has 0 atom stereocenters. The molecule has 1 heterocycles. The normalized spacial score (nSPS) is 10.6. The van der Waals surface area contributed by atoms with Gasteiger partial charge in [-0.15, -0.1) is 10.2 Å². The van der Waals surface area contributed by atoms with E-state index in [9.17, 15) is 0 Å². The molecule has 0 saturated carbocycles. The molecule has 1 aromatic heterocycles. The van der Waals surface area contributed by atoms with Gasteiger partial charge in [0, 0.05) is 12.8 Å². The predicted molar refractivity (Wildman–Crippen MR) is 65.5 cm³/mol. The fourth-order valence-corrected chi connectivity index (χ4v) is 1.64. The smallest absolute Gasteiger partial charge is 0.216 e. The lowest BCUT2D eigenvalue weighted by atomic mass is 10.1. The molecule has 0 aliphatic carbocycles. The van der Waals surface area contributed by atoms with Gasteiger partial charge in [0.05, 0.1) is 0 Å². The maximum absolute atomic E-state index is 5.53. The highest BCUT2D eigenvalue weighted by molar-refractivity contribution is 5.15. The van der Waals surface area contributed by atoms with E-state index in [4.69, 9.17) is 10.2 Å². The fourth-order valence-electron chi connectivity index (χ4n) is 1.64. The Balaban J connectivity index is 1.85. The Morgan fingerprint density at radius 1 is 0.941 bits per heavy atom. The third kappa shape index (κ3) is 3.67. The average molecular weight is 231 g/mol. The zero-order chi connectivity index (χ0) is 11.9. The van der Waals surface area contributed by atoms with Crippen molar-refractivity contribution < 1.29 is 4.42 Å². The molecule has 4 heteroatoms. The molecule has 0 bridgehead atoms. The summed E-state index contributed by atoms with van der Waals surface area (Å²) in [5.41, 5.74) is 6.71. The highest BCUT2D eigenvalue weighted by Gasteiger charge is 2.05. The van der Waals surface area contributed by atoms with Gasteiger partial charge in [0.2, 0.25) is 11.8 Å². The summed E-state index contributed by atoms with van der Waals surface area (Å²) >= 11 is 0. The molecule has 0 radical (unpaired) electrons. The lowest BCUT2D eigenvalue weighted by Gasteiger charge is -1.96. The Hall–Kier alpha value is -1.68. The van der Waals surface area contributed by atoms with E-state index in [1.165, 1.54) is 5.56 Å². The van der Waals surface area contributed by atoms with Crippen LogP contribution >= 0.6 is 0 Å². The van der Waals surface area contributed by atoms with Crippen molar-refractivity contribution in [3.05, 3.63) is 47.7 Å². The Labute approximate surface area is 101 Å². The van der Waals surface area contributed by atoms with Gasteiger partial charge in [-0.2, -0.15) is 0 Å². The maximum atomic E-state index is 5.53. The monoisotopic (exact) mass is 231 g/mol. The van der Waals surface area contributed by atoms with Crippen LogP contribution in [0.1, 0.15) is 23.8 Å². The van der Waals surface area contributed by atoms with Crippen LogP contribution in [0.4, 0.5) is 0 Å². The first kappa shape index (κ1) is 11.8.